The molecule has 3 rings (SSSR count). The van der Waals surface area contributed by atoms with Crippen LogP contribution in [-0.2, 0) is 14.8 Å². The molecule has 1 amide bonds. The van der Waals surface area contributed by atoms with Crippen molar-refractivity contribution in [1.29, 1.82) is 0 Å². The van der Waals surface area contributed by atoms with Gasteiger partial charge in [0, 0.05) is 4.88 Å². The number of fused-ring (bicyclic) bond motifs is 1. The van der Waals surface area contributed by atoms with Gasteiger partial charge in [-0.1, -0.05) is 12.1 Å². The predicted octanol–water partition coefficient (Wildman–Crippen LogP) is 1.09. The lowest BCUT2D eigenvalue weighted by Crippen LogP contribution is -2.41. The number of nitrogens with zero attached hydrogens (tertiary/aromatic N) is 2. The van der Waals surface area contributed by atoms with Crippen LogP contribution in [0.1, 0.15) is 6.92 Å². The maximum Gasteiger partial charge on any atom is 0.264 e. The van der Waals surface area contributed by atoms with Gasteiger partial charge in [0.25, 0.3) is 10.0 Å². The molecule has 1 unspecified atom stereocenters. The Morgan fingerprint density at radius 2 is 2.04 bits per heavy atom. The average Bonchev–Trinajstić information content (AvgIpc) is 3.00. The minimum absolute atomic E-state index is 0.0319. The number of amides is 1. The number of sulfonamides is 1. The Hall–Kier alpha value is -2.56. The van der Waals surface area contributed by atoms with Crippen molar-refractivity contribution in [3.05, 3.63) is 36.7 Å². The third kappa shape index (κ3) is 3.45. The number of rotatable bonds is 4. The minimum Gasteiger partial charge on any atom is -0.382 e. The quantitative estimate of drug-likeness (QED) is 0.618. The van der Waals surface area contributed by atoms with E-state index in [1.54, 1.807) is 12.1 Å². The van der Waals surface area contributed by atoms with Crippen molar-refractivity contribution in [2.75, 3.05) is 5.73 Å². The smallest absolute Gasteiger partial charge is 0.264 e. The van der Waals surface area contributed by atoms with Crippen LogP contribution in [0.3, 0.4) is 0 Å². The van der Waals surface area contributed by atoms with E-state index in [1.807, 2.05) is 10.8 Å². The van der Waals surface area contributed by atoms with E-state index in [4.69, 9.17) is 11.5 Å². The van der Waals surface area contributed by atoms with Gasteiger partial charge in [0.05, 0.1) is 21.2 Å². The topological polar surface area (TPSA) is 141 Å². The number of nitrogens with two attached hydrogens (primary N) is 2. The lowest BCUT2D eigenvalue weighted by molar-refractivity contribution is -0.120. The number of aromatic nitrogens is 2. The molecular formula is C15H15N5O3S2. The summed E-state index contributed by atoms with van der Waals surface area (Å²) >= 11 is 1.36. The van der Waals surface area contributed by atoms with Gasteiger partial charge >= 0.3 is 0 Å². The molecule has 0 spiro atoms. The van der Waals surface area contributed by atoms with Crippen molar-refractivity contribution in [3.63, 3.8) is 0 Å². The monoisotopic (exact) mass is 377 g/mol. The summed E-state index contributed by atoms with van der Waals surface area (Å²) in [5, 5.41) is 0. The fraction of sp³-hybridized carbons (Fsp3) is 0.133. The standard InChI is InChI=1S/C15H15N5O3S2/c1-8(16)15(21)20-25(22,23)10-4-2-3-9(5-10)12-6-11-13(24-12)14(17)19-7-18-11/h2-8H,16H2,1H3,(H,20,21)(H2,17,18,19). The van der Waals surface area contributed by atoms with Crippen LogP contribution in [0.2, 0.25) is 0 Å². The number of hydrogen-bond donors (Lipinski definition) is 3. The molecule has 3 aromatic rings. The number of benzene rings is 1. The van der Waals surface area contributed by atoms with Gasteiger partial charge in [-0.3, -0.25) is 4.79 Å². The van der Waals surface area contributed by atoms with Crippen molar-refractivity contribution < 1.29 is 13.2 Å². The second kappa shape index (κ2) is 6.39. The summed E-state index contributed by atoms with van der Waals surface area (Å²) in [5.41, 5.74) is 12.6. The molecule has 130 valence electrons. The molecule has 0 saturated carbocycles. The summed E-state index contributed by atoms with van der Waals surface area (Å²) in [6.45, 7) is 1.41. The van der Waals surface area contributed by atoms with E-state index >= 15 is 0 Å². The summed E-state index contributed by atoms with van der Waals surface area (Å²) in [7, 11) is -4.00. The average molecular weight is 377 g/mol. The number of nitrogens with one attached hydrogen (secondary N) is 1. The van der Waals surface area contributed by atoms with Gasteiger partial charge < -0.3 is 11.5 Å². The molecular weight excluding hydrogens is 362 g/mol. The molecule has 2 aromatic heterocycles. The second-order valence-electron chi connectivity index (χ2n) is 5.37. The number of nitrogen functional groups attached to an aromatic ring is 1. The van der Waals surface area contributed by atoms with Gasteiger partial charge in [-0.2, -0.15) is 0 Å². The summed E-state index contributed by atoms with van der Waals surface area (Å²) in [4.78, 5) is 20.4. The van der Waals surface area contributed by atoms with Crippen molar-refractivity contribution in [1.82, 2.24) is 14.7 Å². The predicted molar refractivity (Wildman–Crippen MR) is 96.2 cm³/mol. The van der Waals surface area contributed by atoms with Crippen LogP contribution in [0.5, 0.6) is 0 Å². The van der Waals surface area contributed by atoms with Crippen LogP contribution in [0.15, 0.2) is 41.6 Å². The zero-order chi connectivity index (χ0) is 18.2. The van der Waals surface area contributed by atoms with E-state index in [0.717, 1.165) is 9.58 Å². The highest BCUT2D eigenvalue weighted by Crippen LogP contribution is 2.35. The summed E-state index contributed by atoms with van der Waals surface area (Å²) in [5.74, 6) is -0.399. The Bertz CT molecular complexity index is 1060. The second-order valence-corrected chi connectivity index (χ2v) is 8.10. The first-order valence-corrected chi connectivity index (χ1v) is 9.50. The first kappa shape index (κ1) is 17.3. The summed E-state index contributed by atoms with van der Waals surface area (Å²) in [6, 6.07) is 7.12. The number of carbonyl (C=O) groups is 1. The van der Waals surface area contributed by atoms with Crippen molar-refractivity contribution in [2.45, 2.75) is 17.9 Å². The molecule has 8 nitrogen and oxygen atoms in total. The SMILES string of the molecule is CC(N)C(=O)NS(=O)(=O)c1cccc(-c2cc3ncnc(N)c3s2)c1. The van der Waals surface area contributed by atoms with Crippen LogP contribution in [-0.4, -0.2) is 30.3 Å². The fourth-order valence-corrected chi connectivity index (χ4v) is 4.23. The molecule has 1 atom stereocenters. The minimum atomic E-state index is -4.00. The van der Waals surface area contributed by atoms with E-state index in [9.17, 15) is 13.2 Å². The number of anilines is 1. The van der Waals surface area contributed by atoms with Crippen LogP contribution in [0, 0.1) is 0 Å². The number of carbonyl (C=O) groups excluding carboxylic acids is 1. The van der Waals surface area contributed by atoms with Crippen LogP contribution in [0.4, 0.5) is 5.82 Å². The molecule has 1 aromatic carbocycles. The Morgan fingerprint density at radius 3 is 2.72 bits per heavy atom. The molecule has 0 aliphatic heterocycles. The van der Waals surface area contributed by atoms with Gasteiger partial charge in [0.1, 0.15) is 12.1 Å². The van der Waals surface area contributed by atoms with E-state index in [2.05, 4.69) is 9.97 Å². The van der Waals surface area contributed by atoms with Gasteiger partial charge in [0.2, 0.25) is 5.91 Å². The molecule has 10 heteroatoms. The van der Waals surface area contributed by atoms with E-state index < -0.39 is 22.0 Å². The molecule has 5 N–H and O–H groups in total. The summed E-state index contributed by atoms with van der Waals surface area (Å²) < 4.78 is 27.3. The highest BCUT2D eigenvalue weighted by Gasteiger charge is 2.20. The van der Waals surface area contributed by atoms with E-state index in [-0.39, 0.29) is 4.90 Å². The molecule has 0 aliphatic rings. The Balaban J connectivity index is 2.01. The largest absolute Gasteiger partial charge is 0.382 e. The van der Waals surface area contributed by atoms with Gasteiger partial charge in [0.15, 0.2) is 0 Å². The Kier molecular flexibility index (Phi) is 4.41. The third-order valence-electron chi connectivity index (χ3n) is 3.42. The molecule has 0 fully saturated rings. The maximum absolute atomic E-state index is 12.3. The zero-order valence-electron chi connectivity index (χ0n) is 13.1. The van der Waals surface area contributed by atoms with Crippen molar-refractivity contribution in [2.24, 2.45) is 5.73 Å². The number of hydrogen-bond acceptors (Lipinski definition) is 8. The molecule has 0 bridgehead atoms. The van der Waals surface area contributed by atoms with Gasteiger partial charge in [-0.05, 0) is 30.7 Å². The molecule has 0 radical (unpaired) electrons. The Morgan fingerprint density at radius 1 is 1.28 bits per heavy atom. The lowest BCUT2D eigenvalue weighted by atomic mass is 10.2. The molecule has 25 heavy (non-hydrogen) atoms. The highest BCUT2D eigenvalue weighted by molar-refractivity contribution is 7.90. The normalized spacial score (nSPS) is 12.9. The Labute approximate surface area is 147 Å². The van der Waals surface area contributed by atoms with Crippen molar-refractivity contribution >= 4 is 43.3 Å². The van der Waals surface area contributed by atoms with E-state index in [0.29, 0.717) is 16.9 Å². The highest BCUT2D eigenvalue weighted by atomic mass is 32.2. The van der Waals surface area contributed by atoms with Crippen LogP contribution < -0.4 is 16.2 Å². The number of thiophene rings is 1. The molecule has 0 saturated heterocycles. The summed E-state index contributed by atoms with van der Waals surface area (Å²) in [6.07, 6.45) is 1.37. The van der Waals surface area contributed by atoms with Gasteiger partial charge in [-0.15, -0.1) is 11.3 Å². The lowest BCUT2D eigenvalue weighted by Gasteiger charge is -2.09. The first-order chi connectivity index (χ1) is 11.8. The molecule has 2 heterocycles. The molecule has 0 aliphatic carbocycles. The zero-order valence-corrected chi connectivity index (χ0v) is 14.8. The maximum atomic E-state index is 12.3. The first-order valence-electron chi connectivity index (χ1n) is 7.20. The van der Waals surface area contributed by atoms with E-state index in [1.165, 1.54) is 36.7 Å². The van der Waals surface area contributed by atoms with Crippen molar-refractivity contribution in [3.8, 4) is 10.4 Å². The van der Waals surface area contributed by atoms with Crippen LogP contribution >= 0.6 is 11.3 Å². The fourth-order valence-electron chi connectivity index (χ4n) is 2.12. The van der Waals surface area contributed by atoms with Gasteiger partial charge in [-0.25, -0.2) is 23.1 Å². The third-order valence-corrected chi connectivity index (χ3v) is 5.96. The van der Waals surface area contributed by atoms with Crippen LogP contribution in [0.25, 0.3) is 20.7 Å².